The van der Waals surface area contributed by atoms with Crippen molar-refractivity contribution in [2.45, 2.75) is 26.7 Å². The zero-order valence-corrected chi connectivity index (χ0v) is 11.2. The molecule has 1 aromatic carbocycles. The van der Waals surface area contributed by atoms with E-state index >= 15 is 0 Å². The number of anilines is 2. The number of aryl methyl sites for hydroxylation is 2. The second-order valence-corrected chi connectivity index (χ2v) is 4.52. The number of hydrogen-bond donors (Lipinski definition) is 3. The summed E-state index contributed by atoms with van der Waals surface area (Å²) >= 11 is 0. The summed E-state index contributed by atoms with van der Waals surface area (Å²) in [6.07, 6.45) is 1.94. The van der Waals surface area contributed by atoms with Crippen molar-refractivity contribution in [3.05, 3.63) is 41.1 Å². The molecule has 0 aliphatic rings. The van der Waals surface area contributed by atoms with Gasteiger partial charge in [-0.05, 0) is 25.0 Å². The first-order chi connectivity index (χ1) is 9.11. The summed E-state index contributed by atoms with van der Waals surface area (Å²) in [5.74, 6) is 0.283. The molecular weight excluding hydrogens is 240 g/mol. The zero-order valence-electron chi connectivity index (χ0n) is 11.2. The molecule has 19 heavy (non-hydrogen) atoms. The number of hydrogen-bond acceptors (Lipinski definition) is 3. The van der Waals surface area contributed by atoms with E-state index < -0.39 is 0 Å². The number of aromatic nitrogens is 2. The van der Waals surface area contributed by atoms with Crippen molar-refractivity contribution < 1.29 is 4.79 Å². The van der Waals surface area contributed by atoms with Gasteiger partial charge in [0.2, 0.25) is 0 Å². The lowest BCUT2D eigenvalue weighted by atomic mass is 10.1. The molecule has 0 atom stereocenters. The van der Waals surface area contributed by atoms with Crippen LogP contribution in [0.15, 0.2) is 24.3 Å². The summed E-state index contributed by atoms with van der Waals surface area (Å²) in [6, 6.07) is 7.23. The number of amides is 1. The number of carbonyl (C=O) groups excluding carboxylic acids is 1. The Morgan fingerprint density at radius 2 is 2.26 bits per heavy atom. The van der Waals surface area contributed by atoms with Crippen molar-refractivity contribution in [2.24, 2.45) is 0 Å². The fourth-order valence-electron chi connectivity index (χ4n) is 1.89. The standard InChI is InChI=1S/C14H18N4O/c1-3-5-10-8-12(18-17-10)16-14(19)11-7-4-6-9(2)13(11)15/h4,6-8H,3,5,15H2,1-2H3,(H2,16,17,18,19). The highest BCUT2D eigenvalue weighted by Gasteiger charge is 2.12. The fourth-order valence-corrected chi connectivity index (χ4v) is 1.89. The van der Waals surface area contributed by atoms with E-state index in [9.17, 15) is 4.79 Å². The number of nitrogens with zero attached hydrogens (tertiary/aromatic N) is 1. The Morgan fingerprint density at radius 3 is 3.00 bits per heavy atom. The van der Waals surface area contributed by atoms with Crippen molar-refractivity contribution in [2.75, 3.05) is 11.1 Å². The molecule has 0 saturated heterocycles. The van der Waals surface area contributed by atoms with Crippen LogP contribution in [0.1, 0.15) is 35.0 Å². The highest BCUT2D eigenvalue weighted by Crippen LogP contribution is 2.18. The summed E-state index contributed by atoms with van der Waals surface area (Å²) < 4.78 is 0. The van der Waals surface area contributed by atoms with Crippen LogP contribution in [0.3, 0.4) is 0 Å². The van der Waals surface area contributed by atoms with Crippen LogP contribution < -0.4 is 11.1 Å². The number of nitrogens with two attached hydrogens (primary N) is 1. The second-order valence-electron chi connectivity index (χ2n) is 4.52. The molecule has 5 heteroatoms. The lowest BCUT2D eigenvalue weighted by molar-refractivity contribution is 0.102. The smallest absolute Gasteiger partial charge is 0.258 e. The van der Waals surface area contributed by atoms with Gasteiger partial charge in [-0.15, -0.1) is 0 Å². The molecule has 0 fully saturated rings. The van der Waals surface area contributed by atoms with Gasteiger partial charge in [0, 0.05) is 17.4 Å². The summed E-state index contributed by atoms with van der Waals surface area (Å²) in [7, 11) is 0. The van der Waals surface area contributed by atoms with E-state index in [1.165, 1.54) is 0 Å². The summed E-state index contributed by atoms with van der Waals surface area (Å²) in [5.41, 5.74) is 8.78. The van der Waals surface area contributed by atoms with E-state index in [0.717, 1.165) is 24.1 Å². The molecule has 0 bridgehead atoms. The van der Waals surface area contributed by atoms with Crippen molar-refractivity contribution in [3.63, 3.8) is 0 Å². The van der Waals surface area contributed by atoms with E-state index in [2.05, 4.69) is 22.4 Å². The lowest BCUT2D eigenvalue weighted by Gasteiger charge is -2.07. The molecule has 2 rings (SSSR count). The van der Waals surface area contributed by atoms with Gasteiger partial charge in [-0.25, -0.2) is 0 Å². The number of rotatable bonds is 4. The number of carbonyl (C=O) groups is 1. The van der Waals surface area contributed by atoms with Crippen LogP contribution in [0.5, 0.6) is 0 Å². The molecule has 1 amide bonds. The van der Waals surface area contributed by atoms with Crippen molar-refractivity contribution >= 4 is 17.4 Å². The van der Waals surface area contributed by atoms with E-state index in [4.69, 9.17) is 5.73 Å². The molecule has 0 aliphatic heterocycles. The van der Waals surface area contributed by atoms with Gasteiger partial charge >= 0.3 is 0 Å². The van der Waals surface area contributed by atoms with E-state index in [1.54, 1.807) is 6.07 Å². The van der Waals surface area contributed by atoms with Crippen molar-refractivity contribution in [1.29, 1.82) is 0 Å². The molecule has 0 radical (unpaired) electrons. The average molecular weight is 258 g/mol. The summed E-state index contributed by atoms with van der Waals surface area (Å²) in [5, 5.41) is 9.69. The zero-order chi connectivity index (χ0) is 13.8. The number of H-pyrrole nitrogens is 1. The number of para-hydroxylation sites is 1. The number of benzene rings is 1. The van der Waals surface area contributed by atoms with Crippen LogP contribution in [0.4, 0.5) is 11.5 Å². The lowest BCUT2D eigenvalue weighted by Crippen LogP contribution is -2.14. The Kier molecular flexibility index (Phi) is 3.85. The number of nitrogens with one attached hydrogen (secondary N) is 2. The quantitative estimate of drug-likeness (QED) is 0.737. The monoisotopic (exact) mass is 258 g/mol. The Balaban J connectivity index is 2.14. The van der Waals surface area contributed by atoms with Gasteiger partial charge in [0.05, 0.1) is 5.56 Å². The average Bonchev–Trinajstić information content (AvgIpc) is 2.80. The molecule has 0 aliphatic carbocycles. The van der Waals surface area contributed by atoms with Gasteiger partial charge in [-0.2, -0.15) is 5.10 Å². The van der Waals surface area contributed by atoms with Gasteiger partial charge in [0.25, 0.3) is 5.91 Å². The third-order valence-electron chi connectivity index (χ3n) is 2.96. The fraction of sp³-hybridized carbons (Fsp3) is 0.286. The van der Waals surface area contributed by atoms with Crippen LogP contribution in [0, 0.1) is 6.92 Å². The summed E-state index contributed by atoms with van der Waals surface area (Å²) in [6.45, 7) is 3.96. The van der Waals surface area contributed by atoms with Gasteiger partial charge in [-0.1, -0.05) is 25.5 Å². The highest BCUT2D eigenvalue weighted by atomic mass is 16.1. The third-order valence-corrected chi connectivity index (χ3v) is 2.96. The first-order valence-electron chi connectivity index (χ1n) is 6.32. The van der Waals surface area contributed by atoms with E-state index in [1.807, 2.05) is 25.1 Å². The van der Waals surface area contributed by atoms with E-state index in [0.29, 0.717) is 17.1 Å². The normalized spacial score (nSPS) is 10.4. The minimum absolute atomic E-state index is 0.240. The topological polar surface area (TPSA) is 83.8 Å². The first kappa shape index (κ1) is 13.1. The Bertz CT molecular complexity index is 589. The van der Waals surface area contributed by atoms with Crippen LogP contribution in [0.25, 0.3) is 0 Å². The van der Waals surface area contributed by atoms with Crippen molar-refractivity contribution in [1.82, 2.24) is 10.2 Å². The van der Waals surface area contributed by atoms with Crippen LogP contribution in [0.2, 0.25) is 0 Å². The molecular formula is C14H18N4O. The summed E-state index contributed by atoms with van der Waals surface area (Å²) in [4.78, 5) is 12.1. The molecule has 2 aromatic rings. The van der Waals surface area contributed by atoms with Crippen LogP contribution >= 0.6 is 0 Å². The maximum Gasteiger partial charge on any atom is 0.258 e. The third kappa shape index (κ3) is 2.93. The van der Waals surface area contributed by atoms with Gasteiger partial charge in [0.15, 0.2) is 5.82 Å². The van der Waals surface area contributed by atoms with E-state index in [-0.39, 0.29) is 5.91 Å². The maximum atomic E-state index is 12.1. The molecule has 0 unspecified atom stereocenters. The SMILES string of the molecule is CCCc1cc(NC(=O)c2cccc(C)c2N)n[nH]1. The Morgan fingerprint density at radius 1 is 1.47 bits per heavy atom. The maximum absolute atomic E-state index is 12.1. The highest BCUT2D eigenvalue weighted by molar-refractivity contribution is 6.07. The van der Waals surface area contributed by atoms with Gasteiger partial charge in [0.1, 0.15) is 0 Å². The Labute approximate surface area is 112 Å². The van der Waals surface area contributed by atoms with Crippen molar-refractivity contribution in [3.8, 4) is 0 Å². The molecule has 5 nitrogen and oxygen atoms in total. The van der Waals surface area contributed by atoms with Crippen LogP contribution in [-0.2, 0) is 6.42 Å². The number of nitrogen functional groups attached to an aromatic ring is 1. The molecule has 0 saturated carbocycles. The first-order valence-corrected chi connectivity index (χ1v) is 6.32. The minimum Gasteiger partial charge on any atom is -0.398 e. The minimum atomic E-state index is -0.240. The molecule has 100 valence electrons. The van der Waals surface area contributed by atoms with Crippen LogP contribution in [-0.4, -0.2) is 16.1 Å². The molecule has 1 aromatic heterocycles. The predicted octanol–water partition coefficient (Wildman–Crippen LogP) is 2.51. The predicted molar refractivity (Wildman–Crippen MR) is 76.1 cm³/mol. The molecule has 1 heterocycles. The second kappa shape index (κ2) is 5.56. The molecule has 4 N–H and O–H groups in total. The van der Waals surface area contributed by atoms with Gasteiger partial charge in [-0.3, -0.25) is 9.89 Å². The number of aromatic amines is 1. The molecule has 0 spiro atoms. The Hall–Kier alpha value is -2.30. The van der Waals surface area contributed by atoms with Gasteiger partial charge < -0.3 is 11.1 Å². The largest absolute Gasteiger partial charge is 0.398 e.